The number of thioether (sulfide) groups is 1. The summed E-state index contributed by atoms with van der Waals surface area (Å²) in [6.07, 6.45) is 0.789. The molecule has 0 spiro atoms. The molecular weight excluding hydrogens is 415 g/mol. The monoisotopic (exact) mass is 446 g/mol. The lowest BCUT2D eigenvalue weighted by Crippen LogP contribution is -2.50. The van der Waals surface area contributed by atoms with E-state index in [1.54, 1.807) is 32.2 Å². The summed E-state index contributed by atoms with van der Waals surface area (Å²) >= 11 is 1.46. The smallest absolute Gasteiger partial charge is 0.242 e. The molecule has 1 N–H and O–H groups in total. The number of nitrogens with one attached hydrogen (secondary N) is 1. The van der Waals surface area contributed by atoms with E-state index in [9.17, 15) is 14.0 Å². The van der Waals surface area contributed by atoms with Gasteiger partial charge in [0.25, 0.3) is 0 Å². The van der Waals surface area contributed by atoms with Gasteiger partial charge in [-0.05, 0) is 44.0 Å². The van der Waals surface area contributed by atoms with Gasteiger partial charge in [-0.3, -0.25) is 9.59 Å². The predicted molar refractivity (Wildman–Crippen MR) is 123 cm³/mol. The minimum atomic E-state index is -0.706. The van der Waals surface area contributed by atoms with Crippen LogP contribution in [0.5, 0.6) is 5.75 Å². The van der Waals surface area contributed by atoms with Crippen molar-refractivity contribution in [1.82, 2.24) is 10.2 Å². The Balaban J connectivity index is 2.07. The van der Waals surface area contributed by atoms with Gasteiger partial charge in [0.15, 0.2) is 0 Å². The summed E-state index contributed by atoms with van der Waals surface area (Å²) in [5.41, 5.74) is 1.46. The Morgan fingerprint density at radius 1 is 1.13 bits per heavy atom. The molecule has 0 heterocycles. The molecular formula is C24H31FN2O3S. The number of amides is 2. The highest BCUT2D eigenvalue weighted by Crippen LogP contribution is 2.19. The van der Waals surface area contributed by atoms with E-state index in [1.165, 1.54) is 22.7 Å². The van der Waals surface area contributed by atoms with Gasteiger partial charge in [0, 0.05) is 23.9 Å². The van der Waals surface area contributed by atoms with E-state index < -0.39 is 6.04 Å². The summed E-state index contributed by atoms with van der Waals surface area (Å²) in [6, 6.07) is 13.3. The topological polar surface area (TPSA) is 58.6 Å². The number of carbonyl (C=O) groups is 2. The largest absolute Gasteiger partial charge is 0.497 e. The number of carbonyl (C=O) groups excluding carboxylic acids is 2. The molecule has 0 bridgehead atoms. The summed E-state index contributed by atoms with van der Waals surface area (Å²) < 4.78 is 19.4. The Kier molecular flexibility index (Phi) is 9.85. The van der Waals surface area contributed by atoms with E-state index >= 15 is 0 Å². The highest BCUT2D eigenvalue weighted by molar-refractivity contribution is 7.99. The molecule has 0 aromatic heterocycles. The van der Waals surface area contributed by atoms with Gasteiger partial charge < -0.3 is 15.0 Å². The molecule has 0 fully saturated rings. The number of benzene rings is 2. The highest BCUT2D eigenvalue weighted by atomic mass is 32.2. The molecule has 2 aromatic carbocycles. The van der Waals surface area contributed by atoms with Gasteiger partial charge in [0.2, 0.25) is 11.8 Å². The summed E-state index contributed by atoms with van der Waals surface area (Å²) in [7, 11) is 1.62. The van der Waals surface area contributed by atoms with Crippen molar-refractivity contribution in [2.24, 2.45) is 0 Å². The van der Waals surface area contributed by atoms with Gasteiger partial charge >= 0.3 is 0 Å². The fourth-order valence-corrected chi connectivity index (χ4v) is 3.79. The van der Waals surface area contributed by atoms with Gasteiger partial charge in [-0.2, -0.15) is 0 Å². The first-order chi connectivity index (χ1) is 14.8. The maximum absolute atomic E-state index is 14.2. The SMILES string of the molecule is CC[C@@H](C)NC(=O)[C@H](C)N(Cc1ccccc1F)C(=O)CSCc1ccc(OC)cc1. The van der Waals surface area contributed by atoms with E-state index in [1.807, 2.05) is 38.1 Å². The number of hydrogen-bond donors (Lipinski definition) is 1. The van der Waals surface area contributed by atoms with Crippen molar-refractivity contribution in [2.75, 3.05) is 12.9 Å². The molecule has 31 heavy (non-hydrogen) atoms. The predicted octanol–water partition coefficient (Wildman–Crippen LogP) is 4.40. The van der Waals surface area contributed by atoms with Crippen molar-refractivity contribution in [2.45, 2.75) is 51.6 Å². The summed E-state index contributed by atoms with van der Waals surface area (Å²) in [5, 5.41) is 2.91. The van der Waals surface area contributed by atoms with E-state index in [4.69, 9.17) is 4.74 Å². The Labute approximate surface area is 188 Å². The summed E-state index contributed by atoms with van der Waals surface area (Å²) in [6.45, 7) is 5.63. The second kappa shape index (κ2) is 12.3. The molecule has 0 unspecified atom stereocenters. The fraction of sp³-hybridized carbons (Fsp3) is 0.417. The van der Waals surface area contributed by atoms with Crippen LogP contribution < -0.4 is 10.1 Å². The fourth-order valence-electron chi connectivity index (χ4n) is 2.92. The van der Waals surface area contributed by atoms with Crippen LogP contribution in [0, 0.1) is 5.82 Å². The van der Waals surface area contributed by atoms with E-state index in [0.29, 0.717) is 11.3 Å². The van der Waals surface area contributed by atoms with Crippen molar-refractivity contribution < 1.29 is 18.7 Å². The van der Waals surface area contributed by atoms with Gasteiger partial charge in [-0.25, -0.2) is 4.39 Å². The van der Waals surface area contributed by atoms with Crippen LogP contribution in [-0.4, -0.2) is 41.7 Å². The van der Waals surface area contributed by atoms with Crippen molar-refractivity contribution in [3.8, 4) is 5.75 Å². The Bertz CT molecular complexity index is 860. The molecule has 0 saturated heterocycles. The molecule has 2 rings (SSSR count). The molecule has 0 radical (unpaired) electrons. The number of halogens is 1. The zero-order chi connectivity index (χ0) is 22.8. The molecule has 0 aliphatic carbocycles. The van der Waals surface area contributed by atoms with Crippen LogP contribution in [0.3, 0.4) is 0 Å². The van der Waals surface area contributed by atoms with Crippen LogP contribution in [0.1, 0.15) is 38.3 Å². The Hall–Kier alpha value is -2.54. The maximum atomic E-state index is 14.2. The lowest BCUT2D eigenvalue weighted by atomic mass is 10.1. The lowest BCUT2D eigenvalue weighted by molar-refractivity contribution is -0.139. The molecule has 0 saturated carbocycles. The number of nitrogens with zero attached hydrogens (tertiary/aromatic N) is 1. The molecule has 5 nitrogen and oxygen atoms in total. The number of rotatable bonds is 11. The third-order valence-electron chi connectivity index (χ3n) is 5.12. The average molecular weight is 447 g/mol. The quantitative estimate of drug-likeness (QED) is 0.556. The molecule has 0 aliphatic rings. The molecule has 2 atom stereocenters. The third-order valence-corrected chi connectivity index (χ3v) is 6.11. The third kappa shape index (κ3) is 7.58. The minimum absolute atomic E-state index is 0.00445. The first-order valence-corrected chi connectivity index (χ1v) is 11.5. The van der Waals surface area contributed by atoms with E-state index in [-0.39, 0.29) is 36.0 Å². The molecule has 7 heteroatoms. The average Bonchev–Trinajstić information content (AvgIpc) is 2.78. The standard InChI is InChI=1S/C24H31FN2O3S/c1-5-17(2)26-24(29)18(3)27(14-20-8-6-7-9-22(20)25)23(28)16-31-15-19-10-12-21(30-4)13-11-19/h6-13,17-18H,5,14-16H2,1-4H3,(H,26,29)/t17-,18+/m1/s1. The number of hydrogen-bond acceptors (Lipinski definition) is 4. The zero-order valence-electron chi connectivity index (χ0n) is 18.6. The summed E-state index contributed by atoms with van der Waals surface area (Å²) in [5.74, 6) is 0.800. The second-order valence-electron chi connectivity index (χ2n) is 7.45. The first-order valence-electron chi connectivity index (χ1n) is 10.4. The maximum Gasteiger partial charge on any atom is 0.242 e. The molecule has 2 amide bonds. The van der Waals surface area contributed by atoms with Crippen molar-refractivity contribution >= 4 is 23.6 Å². The van der Waals surface area contributed by atoms with Gasteiger partial charge in [-0.1, -0.05) is 37.3 Å². The van der Waals surface area contributed by atoms with Gasteiger partial charge in [-0.15, -0.1) is 11.8 Å². The van der Waals surface area contributed by atoms with Gasteiger partial charge in [0.1, 0.15) is 17.6 Å². The zero-order valence-corrected chi connectivity index (χ0v) is 19.4. The lowest BCUT2D eigenvalue weighted by Gasteiger charge is -2.29. The Morgan fingerprint density at radius 3 is 2.42 bits per heavy atom. The van der Waals surface area contributed by atoms with E-state index in [0.717, 1.165) is 17.7 Å². The molecule has 2 aromatic rings. The van der Waals surface area contributed by atoms with Crippen LogP contribution in [0.15, 0.2) is 48.5 Å². The first kappa shape index (κ1) is 24.7. The van der Waals surface area contributed by atoms with Crippen molar-refractivity contribution in [3.63, 3.8) is 0 Å². The van der Waals surface area contributed by atoms with Crippen molar-refractivity contribution in [3.05, 3.63) is 65.5 Å². The van der Waals surface area contributed by atoms with Crippen LogP contribution in [0.2, 0.25) is 0 Å². The molecule has 168 valence electrons. The van der Waals surface area contributed by atoms with Gasteiger partial charge in [0.05, 0.1) is 12.9 Å². The minimum Gasteiger partial charge on any atom is -0.497 e. The normalized spacial score (nSPS) is 12.7. The second-order valence-corrected chi connectivity index (χ2v) is 8.43. The van der Waals surface area contributed by atoms with Crippen LogP contribution in [-0.2, 0) is 21.9 Å². The van der Waals surface area contributed by atoms with Crippen LogP contribution in [0.25, 0.3) is 0 Å². The summed E-state index contributed by atoms with van der Waals surface area (Å²) in [4.78, 5) is 27.2. The van der Waals surface area contributed by atoms with Crippen molar-refractivity contribution in [1.29, 1.82) is 0 Å². The van der Waals surface area contributed by atoms with E-state index in [2.05, 4.69) is 5.32 Å². The van der Waals surface area contributed by atoms with Crippen LogP contribution in [0.4, 0.5) is 4.39 Å². The Morgan fingerprint density at radius 2 is 1.81 bits per heavy atom. The highest BCUT2D eigenvalue weighted by Gasteiger charge is 2.27. The number of methoxy groups -OCH3 is 1. The number of ether oxygens (including phenoxy) is 1. The molecule has 0 aliphatic heterocycles. The van der Waals surface area contributed by atoms with Crippen LogP contribution >= 0.6 is 11.8 Å².